The summed E-state index contributed by atoms with van der Waals surface area (Å²) in [6.07, 6.45) is 1.77. The number of carboxylic acids is 4. The molecule has 0 radical (unpaired) electrons. The highest BCUT2D eigenvalue weighted by Crippen LogP contribution is 2.04. The van der Waals surface area contributed by atoms with Crippen molar-refractivity contribution in [2.45, 2.75) is 51.2 Å². The van der Waals surface area contributed by atoms with Crippen LogP contribution in [-0.2, 0) is 19.2 Å². The molecule has 14 heteroatoms. The quantitative estimate of drug-likeness (QED) is 0.0751. The number of carbonyl (C=O) groups is 4. The Morgan fingerprint density at radius 2 is 1.31 bits per heavy atom. The van der Waals surface area contributed by atoms with Gasteiger partial charge in [0.05, 0.1) is 0 Å². The second-order valence-electron chi connectivity index (χ2n) is 5.80. The lowest BCUT2D eigenvalue weighted by molar-refractivity contribution is -0.149. The van der Waals surface area contributed by atoms with E-state index in [9.17, 15) is 19.2 Å². The summed E-state index contributed by atoms with van der Waals surface area (Å²) in [7, 11) is 0. The molecule has 0 aliphatic rings. The minimum Gasteiger partial charge on any atom is -0.480 e. The molecule has 0 aromatic heterocycles. The number of hydrogen-bond acceptors (Lipinski definition) is 8. The molecule has 0 heterocycles. The minimum atomic E-state index is -1.80. The Bertz CT molecular complexity index is 539. The van der Waals surface area contributed by atoms with Crippen LogP contribution in [0.2, 0.25) is 0 Å². The second kappa shape index (κ2) is 17.2. The summed E-state index contributed by atoms with van der Waals surface area (Å²) in [6, 6.07) is -3.32. The Balaban J connectivity index is -0.000000359. The predicted octanol–water partition coefficient (Wildman–Crippen LogP) is -2.62. The van der Waals surface area contributed by atoms with Crippen molar-refractivity contribution in [2.75, 3.05) is 6.54 Å². The summed E-state index contributed by atoms with van der Waals surface area (Å²) >= 11 is 0. The molecule has 0 spiro atoms. The monoisotopic (exact) mass is 424 g/mol. The molecule has 170 valence electrons. The second-order valence-corrected chi connectivity index (χ2v) is 5.80. The average Bonchev–Trinajstić information content (AvgIpc) is 2.63. The van der Waals surface area contributed by atoms with E-state index in [1.54, 1.807) is 0 Å². The average molecular weight is 424 g/mol. The zero-order valence-electron chi connectivity index (χ0n) is 16.4. The van der Waals surface area contributed by atoms with E-state index in [2.05, 4.69) is 10.7 Å². The van der Waals surface area contributed by atoms with Gasteiger partial charge in [-0.25, -0.2) is 9.59 Å². The van der Waals surface area contributed by atoms with Crippen molar-refractivity contribution in [3.8, 4) is 0 Å². The molecule has 0 aliphatic carbocycles. The normalized spacial score (nSPS) is 12.8. The Hall–Kier alpha value is -2.97. The van der Waals surface area contributed by atoms with Crippen molar-refractivity contribution >= 4 is 29.8 Å². The molecule has 0 aliphatic heterocycles. The van der Waals surface area contributed by atoms with E-state index >= 15 is 0 Å². The van der Waals surface area contributed by atoms with Crippen LogP contribution in [0.25, 0.3) is 0 Å². The standard InChI is InChI=1S/C6H14N4O2.C6H13NO2.C3H5NO4/c7-4(5(11)12)2-1-3-10-6(8)9;1-3-4(2)5(7)6(8)9;4-1(2(5)6)3(7)8/h4H,1-3,7H2,(H,11,12)(H4,8,9,10);4-5H,3,7H2,1-2H3,(H,8,9);1H,4H2,(H,5,6)(H,7,8)/t4-;4-,5-;/m00./s1. The van der Waals surface area contributed by atoms with E-state index in [4.69, 9.17) is 43.4 Å². The summed E-state index contributed by atoms with van der Waals surface area (Å²) in [5, 5.41) is 32.4. The van der Waals surface area contributed by atoms with Gasteiger partial charge in [-0.1, -0.05) is 20.3 Å². The Labute approximate surface area is 167 Å². The van der Waals surface area contributed by atoms with Gasteiger partial charge in [-0.2, -0.15) is 0 Å². The topological polar surface area (TPSA) is 292 Å². The van der Waals surface area contributed by atoms with Crippen molar-refractivity contribution in [3.05, 3.63) is 0 Å². The zero-order valence-corrected chi connectivity index (χ0v) is 16.4. The molecular formula is C15H32N6O8. The van der Waals surface area contributed by atoms with Crippen molar-refractivity contribution in [1.82, 2.24) is 0 Å². The molecule has 0 unspecified atom stereocenters. The Kier molecular flexibility index (Phi) is 18.2. The van der Waals surface area contributed by atoms with E-state index in [1.165, 1.54) is 0 Å². The van der Waals surface area contributed by atoms with Gasteiger partial charge in [0.25, 0.3) is 0 Å². The fourth-order valence-corrected chi connectivity index (χ4v) is 1.25. The summed E-state index contributed by atoms with van der Waals surface area (Å²) in [5.74, 6) is -4.89. The molecule has 0 fully saturated rings. The van der Waals surface area contributed by atoms with Crippen LogP contribution in [0.1, 0.15) is 33.1 Å². The third-order valence-corrected chi connectivity index (χ3v) is 3.36. The Morgan fingerprint density at radius 1 is 0.862 bits per heavy atom. The number of nitrogens with zero attached hydrogens (tertiary/aromatic N) is 1. The van der Waals surface area contributed by atoms with E-state index in [0.717, 1.165) is 6.42 Å². The fraction of sp³-hybridized carbons (Fsp3) is 0.667. The van der Waals surface area contributed by atoms with Gasteiger partial charge in [0.2, 0.25) is 6.04 Å². The van der Waals surface area contributed by atoms with Crippen LogP contribution in [0.15, 0.2) is 4.99 Å². The summed E-state index contributed by atoms with van der Waals surface area (Å²) in [6.45, 7) is 4.18. The lowest BCUT2D eigenvalue weighted by Crippen LogP contribution is -2.38. The maximum Gasteiger partial charge on any atom is 0.332 e. The van der Waals surface area contributed by atoms with Gasteiger partial charge in [0.15, 0.2) is 5.96 Å². The molecular weight excluding hydrogens is 392 g/mol. The molecule has 14 N–H and O–H groups in total. The highest BCUT2D eigenvalue weighted by Gasteiger charge is 2.19. The maximum absolute atomic E-state index is 10.2. The number of aliphatic carboxylic acids is 4. The largest absolute Gasteiger partial charge is 0.480 e. The van der Waals surface area contributed by atoms with E-state index in [-0.39, 0.29) is 11.9 Å². The number of aliphatic imine (C=N–C) groups is 1. The third-order valence-electron chi connectivity index (χ3n) is 3.36. The SMILES string of the molecule is CC[C@H](C)[C@H](N)C(=O)O.NC(C(=O)O)C(=O)O.NC(N)=NCCC[C@H](N)C(=O)O. The fourth-order valence-electron chi connectivity index (χ4n) is 1.25. The summed E-state index contributed by atoms with van der Waals surface area (Å²) in [4.78, 5) is 43.3. The molecule has 0 saturated carbocycles. The number of nitrogens with two attached hydrogens (primary N) is 5. The highest BCUT2D eigenvalue weighted by molar-refractivity contribution is 5.96. The first-order valence-corrected chi connectivity index (χ1v) is 8.42. The van der Waals surface area contributed by atoms with Gasteiger partial charge in [-0.15, -0.1) is 0 Å². The number of hydrogen-bond donors (Lipinski definition) is 9. The molecule has 0 bridgehead atoms. The van der Waals surface area contributed by atoms with Crippen LogP contribution in [0.3, 0.4) is 0 Å². The molecule has 14 nitrogen and oxygen atoms in total. The van der Waals surface area contributed by atoms with Crippen LogP contribution in [0, 0.1) is 5.92 Å². The molecule has 0 saturated heterocycles. The predicted molar refractivity (Wildman–Crippen MR) is 104 cm³/mol. The van der Waals surface area contributed by atoms with Crippen molar-refractivity contribution in [1.29, 1.82) is 0 Å². The van der Waals surface area contributed by atoms with Gasteiger partial charge in [-0.3, -0.25) is 14.6 Å². The number of carboxylic acid groups (broad SMARTS) is 4. The number of rotatable bonds is 10. The van der Waals surface area contributed by atoms with E-state index in [0.29, 0.717) is 19.4 Å². The molecule has 29 heavy (non-hydrogen) atoms. The summed E-state index contributed by atoms with van der Waals surface area (Å²) in [5.41, 5.74) is 25.2. The van der Waals surface area contributed by atoms with Gasteiger partial charge >= 0.3 is 23.9 Å². The smallest absolute Gasteiger partial charge is 0.332 e. The maximum atomic E-state index is 10.2. The van der Waals surface area contributed by atoms with E-state index in [1.807, 2.05) is 13.8 Å². The highest BCUT2D eigenvalue weighted by atomic mass is 16.4. The minimum absolute atomic E-state index is 0.0129. The van der Waals surface area contributed by atoms with Gasteiger partial charge < -0.3 is 49.1 Å². The lowest BCUT2D eigenvalue weighted by atomic mass is 10.0. The molecule has 0 aromatic rings. The Morgan fingerprint density at radius 3 is 1.52 bits per heavy atom. The van der Waals surface area contributed by atoms with Crippen molar-refractivity contribution in [2.24, 2.45) is 39.6 Å². The molecule has 0 aromatic carbocycles. The van der Waals surface area contributed by atoms with Crippen LogP contribution >= 0.6 is 0 Å². The molecule has 0 amide bonds. The summed E-state index contributed by atoms with van der Waals surface area (Å²) < 4.78 is 0. The van der Waals surface area contributed by atoms with Crippen molar-refractivity contribution < 1.29 is 39.6 Å². The lowest BCUT2D eigenvalue weighted by Gasteiger charge is -2.11. The van der Waals surface area contributed by atoms with Gasteiger partial charge in [-0.05, 0) is 18.8 Å². The van der Waals surface area contributed by atoms with Gasteiger partial charge in [0.1, 0.15) is 12.1 Å². The molecule has 0 rings (SSSR count). The van der Waals surface area contributed by atoms with Gasteiger partial charge in [0, 0.05) is 6.54 Å². The van der Waals surface area contributed by atoms with Crippen LogP contribution in [0.5, 0.6) is 0 Å². The number of guanidine groups is 1. The van der Waals surface area contributed by atoms with Crippen LogP contribution in [0.4, 0.5) is 0 Å². The van der Waals surface area contributed by atoms with E-state index < -0.39 is 42.0 Å². The molecule has 3 atom stereocenters. The van der Waals surface area contributed by atoms with Crippen molar-refractivity contribution in [3.63, 3.8) is 0 Å². The zero-order chi connectivity index (χ0) is 23.7. The first-order chi connectivity index (χ1) is 13.2. The first-order valence-electron chi connectivity index (χ1n) is 8.42. The first kappa shape index (κ1) is 30.7. The van der Waals surface area contributed by atoms with Crippen LogP contribution < -0.4 is 28.7 Å². The third kappa shape index (κ3) is 19.6. The van der Waals surface area contributed by atoms with Crippen LogP contribution in [-0.4, -0.2) is 74.9 Å².